The first kappa shape index (κ1) is 22.2. The van der Waals surface area contributed by atoms with Crippen LogP contribution in [0.25, 0.3) is 0 Å². The van der Waals surface area contributed by atoms with Crippen LogP contribution >= 0.6 is 0 Å². The van der Waals surface area contributed by atoms with Crippen LogP contribution in [-0.2, 0) is 4.79 Å². The molecule has 2 aliphatic rings. The number of pyridine rings is 1. The van der Waals surface area contributed by atoms with Crippen molar-refractivity contribution in [3.8, 4) is 0 Å². The van der Waals surface area contributed by atoms with E-state index < -0.39 is 5.54 Å². The zero-order valence-electron chi connectivity index (χ0n) is 18.0. The highest BCUT2D eigenvalue weighted by Crippen LogP contribution is 2.33. The average Bonchev–Trinajstić information content (AvgIpc) is 3.26. The number of aldehydes is 1. The van der Waals surface area contributed by atoms with Crippen LogP contribution in [0.1, 0.15) is 68.3 Å². The topological polar surface area (TPSA) is 98.2 Å². The number of hydrogen-bond acceptors (Lipinski definition) is 4. The Kier molecular flexibility index (Phi) is 7.82. The zero-order chi connectivity index (χ0) is 21.4. The molecule has 2 atom stereocenters. The Hall–Kier alpha value is -2.44. The Bertz CT molecular complexity index is 720. The second-order valence-corrected chi connectivity index (χ2v) is 8.89. The Morgan fingerprint density at radius 1 is 1.27 bits per heavy atom. The summed E-state index contributed by atoms with van der Waals surface area (Å²) in [6.45, 7) is 1.31. The molecular formula is C23H35N5O2. The van der Waals surface area contributed by atoms with Gasteiger partial charge in [-0.15, -0.1) is 0 Å². The van der Waals surface area contributed by atoms with Crippen LogP contribution in [0.4, 0.5) is 0 Å². The van der Waals surface area contributed by atoms with Gasteiger partial charge >= 0.3 is 0 Å². The molecule has 3 N–H and O–H groups in total. The van der Waals surface area contributed by atoms with E-state index in [9.17, 15) is 9.59 Å². The number of carbonyl (C=O) groups is 2. The molecule has 1 aliphatic heterocycles. The molecular weight excluding hydrogens is 378 g/mol. The molecule has 2 fully saturated rings. The maximum absolute atomic E-state index is 12.7. The molecule has 7 heteroatoms. The molecule has 30 heavy (non-hydrogen) atoms. The highest BCUT2D eigenvalue weighted by Gasteiger charge is 2.38. The third kappa shape index (κ3) is 5.80. The van der Waals surface area contributed by atoms with E-state index in [1.165, 1.54) is 32.1 Å². The fourth-order valence-electron chi connectivity index (χ4n) is 4.95. The number of likely N-dealkylation sites (tertiary alicyclic amines) is 1. The number of aromatic nitrogens is 1. The van der Waals surface area contributed by atoms with Gasteiger partial charge in [0.1, 0.15) is 12.0 Å². The summed E-state index contributed by atoms with van der Waals surface area (Å²) in [6.07, 6.45) is 12.3. The second-order valence-electron chi connectivity index (χ2n) is 8.89. The van der Waals surface area contributed by atoms with Gasteiger partial charge in [-0.1, -0.05) is 38.2 Å². The molecule has 1 aliphatic carbocycles. The molecule has 1 aromatic heterocycles. The number of nitrogens with one attached hydrogen (secondary N) is 3. The largest absolute Gasteiger partial charge is 0.360 e. The predicted molar refractivity (Wildman–Crippen MR) is 117 cm³/mol. The fourth-order valence-corrected chi connectivity index (χ4v) is 4.95. The lowest BCUT2D eigenvalue weighted by Gasteiger charge is -2.34. The Labute approximate surface area is 179 Å². The SMILES string of the molecule is CNC(=N)N[C@@](C=O)(CCC1CCCCC1)CC1CCN(C(=O)c2ccccn2)C1. The molecule has 1 aromatic rings. The van der Waals surface area contributed by atoms with Crippen molar-refractivity contribution < 1.29 is 9.59 Å². The summed E-state index contributed by atoms with van der Waals surface area (Å²) in [4.78, 5) is 31.0. The van der Waals surface area contributed by atoms with Crippen LogP contribution in [-0.4, -0.2) is 53.7 Å². The van der Waals surface area contributed by atoms with Crippen molar-refractivity contribution in [3.05, 3.63) is 30.1 Å². The van der Waals surface area contributed by atoms with E-state index in [0.29, 0.717) is 31.1 Å². The van der Waals surface area contributed by atoms with E-state index in [4.69, 9.17) is 5.41 Å². The summed E-state index contributed by atoms with van der Waals surface area (Å²) >= 11 is 0. The summed E-state index contributed by atoms with van der Waals surface area (Å²) < 4.78 is 0. The first-order chi connectivity index (χ1) is 14.5. The van der Waals surface area contributed by atoms with Crippen molar-refractivity contribution in [2.45, 2.75) is 63.3 Å². The summed E-state index contributed by atoms with van der Waals surface area (Å²) in [5, 5.41) is 14.0. The maximum atomic E-state index is 12.7. The summed E-state index contributed by atoms with van der Waals surface area (Å²) in [5.74, 6) is 1.03. The minimum Gasteiger partial charge on any atom is -0.360 e. The van der Waals surface area contributed by atoms with Gasteiger partial charge in [-0.05, 0) is 49.7 Å². The van der Waals surface area contributed by atoms with Gasteiger partial charge in [-0.3, -0.25) is 15.2 Å². The van der Waals surface area contributed by atoms with Gasteiger partial charge in [0.05, 0.1) is 5.54 Å². The number of carbonyl (C=O) groups excluding carboxylic acids is 2. The van der Waals surface area contributed by atoms with Gasteiger partial charge in [-0.25, -0.2) is 0 Å². The lowest BCUT2D eigenvalue weighted by molar-refractivity contribution is -0.114. The van der Waals surface area contributed by atoms with E-state index in [1.807, 2.05) is 11.0 Å². The molecule has 1 unspecified atom stereocenters. The van der Waals surface area contributed by atoms with Crippen molar-refractivity contribution in [3.63, 3.8) is 0 Å². The minimum absolute atomic E-state index is 0.0482. The normalized spacial score (nSPS) is 21.6. The average molecular weight is 414 g/mol. The van der Waals surface area contributed by atoms with E-state index in [-0.39, 0.29) is 17.8 Å². The lowest BCUT2D eigenvalue weighted by atomic mass is 9.79. The lowest BCUT2D eigenvalue weighted by Crippen LogP contribution is -2.54. The van der Waals surface area contributed by atoms with Crippen LogP contribution in [0, 0.1) is 17.2 Å². The molecule has 1 saturated heterocycles. The van der Waals surface area contributed by atoms with Crippen molar-refractivity contribution in [2.24, 2.45) is 11.8 Å². The van der Waals surface area contributed by atoms with Crippen molar-refractivity contribution in [1.29, 1.82) is 5.41 Å². The number of nitrogens with zero attached hydrogens (tertiary/aromatic N) is 2. The van der Waals surface area contributed by atoms with Crippen molar-refractivity contribution in [1.82, 2.24) is 20.5 Å². The number of amides is 1. The van der Waals surface area contributed by atoms with E-state index in [2.05, 4.69) is 15.6 Å². The van der Waals surface area contributed by atoms with E-state index in [1.54, 1.807) is 25.4 Å². The standard InChI is InChI=1S/C23H35N5O2/c1-25-22(24)27-23(17-29,12-10-18-7-3-2-4-8-18)15-19-11-14-28(16-19)21(30)20-9-5-6-13-26-20/h5-6,9,13,17-19H,2-4,7-8,10-12,14-16H2,1H3,(H3,24,25,27)/t19?,23-/m0/s1. The Balaban J connectivity index is 1.63. The predicted octanol–water partition coefficient (Wildman–Crippen LogP) is 2.98. The second kappa shape index (κ2) is 10.5. The monoisotopic (exact) mass is 413 g/mol. The molecule has 0 radical (unpaired) electrons. The number of guanidine groups is 1. The molecule has 0 aromatic carbocycles. The molecule has 7 nitrogen and oxygen atoms in total. The first-order valence-electron chi connectivity index (χ1n) is 11.3. The molecule has 0 bridgehead atoms. The van der Waals surface area contributed by atoms with E-state index >= 15 is 0 Å². The third-order valence-electron chi connectivity index (χ3n) is 6.68. The molecule has 3 rings (SSSR count). The third-order valence-corrected chi connectivity index (χ3v) is 6.68. The van der Waals surface area contributed by atoms with Crippen LogP contribution in [0.3, 0.4) is 0 Å². The molecule has 0 spiro atoms. The highest BCUT2D eigenvalue weighted by molar-refractivity contribution is 5.92. The molecule has 1 saturated carbocycles. The molecule has 164 valence electrons. The van der Waals surface area contributed by atoms with Crippen LogP contribution in [0.15, 0.2) is 24.4 Å². The van der Waals surface area contributed by atoms with Gasteiger partial charge in [-0.2, -0.15) is 0 Å². The Morgan fingerprint density at radius 2 is 2.07 bits per heavy atom. The van der Waals surface area contributed by atoms with Crippen LogP contribution in [0.5, 0.6) is 0 Å². The smallest absolute Gasteiger partial charge is 0.272 e. The fraction of sp³-hybridized carbons (Fsp3) is 0.652. The number of hydrogen-bond donors (Lipinski definition) is 3. The summed E-state index contributed by atoms with van der Waals surface area (Å²) in [6, 6.07) is 5.37. The molecule has 1 amide bonds. The van der Waals surface area contributed by atoms with Crippen molar-refractivity contribution >= 4 is 18.2 Å². The van der Waals surface area contributed by atoms with Gasteiger partial charge in [0.15, 0.2) is 5.96 Å². The van der Waals surface area contributed by atoms with Gasteiger partial charge in [0.2, 0.25) is 0 Å². The quantitative estimate of drug-likeness (QED) is 0.346. The maximum Gasteiger partial charge on any atom is 0.272 e. The summed E-state index contributed by atoms with van der Waals surface area (Å²) in [5.41, 5.74) is -0.293. The van der Waals surface area contributed by atoms with Crippen LogP contribution < -0.4 is 10.6 Å². The van der Waals surface area contributed by atoms with Gasteiger partial charge in [0, 0.05) is 26.3 Å². The minimum atomic E-state index is -0.758. The van der Waals surface area contributed by atoms with E-state index in [0.717, 1.165) is 25.5 Å². The molecule has 2 heterocycles. The van der Waals surface area contributed by atoms with Gasteiger partial charge in [0.25, 0.3) is 5.91 Å². The number of rotatable bonds is 8. The zero-order valence-corrected chi connectivity index (χ0v) is 18.0. The first-order valence-corrected chi connectivity index (χ1v) is 11.3. The summed E-state index contributed by atoms with van der Waals surface area (Å²) in [7, 11) is 1.69. The highest BCUT2D eigenvalue weighted by atomic mass is 16.2. The Morgan fingerprint density at radius 3 is 2.73 bits per heavy atom. The van der Waals surface area contributed by atoms with Crippen LogP contribution in [0.2, 0.25) is 0 Å². The van der Waals surface area contributed by atoms with Gasteiger partial charge < -0.3 is 20.3 Å². The van der Waals surface area contributed by atoms with Crippen molar-refractivity contribution in [2.75, 3.05) is 20.1 Å².